The van der Waals surface area contributed by atoms with E-state index >= 15 is 0 Å². The Morgan fingerprint density at radius 2 is 1.41 bits per heavy atom. The van der Waals surface area contributed by atoms with Crippen molar-refractivity contribution in [3.05, 3.63) is 24.3 Å². The predicted octanol–water partition coefficient (Wildman–Crippen LogP) is 8.20. The molecule has 1 aliphatic carbocycles. The molecule has 2 unspecified atom stereocenters. The van der Waals surface area contributed by atoms with Gasteiger partial charge in [-0.2, -0.15) is 0 Å². The summed E-state index contributed by atoms with van der Waals surface area (Å²) in [5, 5.41) is -0.689. The summed E-state index contributed by atoms with van der Waals surface area (Å²) >= 11 is 6.04. The number of carbonyl (C=O) groups excluding carboxylic acids is 2. The van der Waals surface area contributed by atoms with Crippen molar-refractivity contribution in [3.8, 4) is 11.5 Å². The fraction of sp³-hybridized carbons (Fsp3) is 0.724. The molecule has 0 heterocycles. The summed E-state index contributed by atoms with van der Waals surface area (Å²) in [6.07, 6.45) is 12.0. The number of benzene rings is 1. The van der Waals surface area contributed by atoms with Gasteiger partial charge in [-0.1, -0.05) is 73.1 Å². The van der Waals surface area contributed by atoms with Crippen molar-refractivity contribution in [2.45, 2.75) is 104 Å². The maximum atomic E-state index is 12.6. The molecule has 5 heteroatoms. The molecule has 1 saturated carbocycles. The van der Waals surface area contributed by atoms with E-state index in [9.17, 15) is 9.59 Å². The van der Waals surface area contributed by atoms with Crippen LogP contribution in [0.1, 0.15) is 98.8 Å². The van der Waals surface area contributed by atoms with Crippen molar-refractivity contribution in [2.24, 2.45) is 29.6 Å². The van der Waals surface area contributed by atoms with Crippen molar-refractivity contribution < 1.29 is 19.1 Å². The van der Waals surface area contributed by atoms with Crippen LogP contribution in [0.15, 0.2) is 24.3 Å². The van der Waals surface area contributed by atoms with Crippen LogP contribution in [0.2, 0.25) is 0 Å². The van der Waals surface area contributed by atoms with Crippen LogP contribution in [0.3, 0.4) is 0 Å². The highest BCUT2D eigenvalue weighted by molar-refractivity contribution is 6.30. The monoisotopic (exact) mass is 492 g/mol. The normalized spacial score (nSPS) is 20.2. The zero-order valence-corrected chi connectivity index (χ0v) is 22.6. The molecular formula is C29H45ClO4. The molecule has 1 aromatic carbocycles. The van der Waals surface area contributed by atoms with Crippen LogP contribution in [0.25, 0.3) is 0 Å². The molecule has 0 bridgehead atoms. The number of halogens is 1. The van der Waals surface area contributed by atoms with E-state index in [0.29, 0.717) is 11.5 Å². The predicted molar refractivity (Wildman–Crippen MR) is 139 cm³/mol. The fourth-order valence-corrected chi connectivity index (χ4v) is 4.73. The molecule has 1 aliphatic rings. The number of carbonyl (C=O) groups is 2. The second kappa shape index (κ2) is 14.8. The van der Waals surface area contributed by atoms with E-state index in [2.05, 4.69) is 20.8 Å². The largest absolute Gasteiger partial charge is 0.426 e. The minimum absolute atomic E-state index is 0.00685. The molecular weight excluding hydrogens is 448 g/mol. The van der Waals surface area contributed by atoms with Crippen LogP contribution in [-0.2, 0) is 9.59 Å². The van der Waals surface area contributed by atoms with Gasteiger partial charge < -0.3 is 9.47 Å². The first-order chi connectivity index (χ1) is 16.2. The first-order valence-corrected chi connectivity index (χ1v) is 13.8. The Morgan fingerprint density at radius 1 is 0.853 bits per heavy atom. The average Bonchev–Trinajstić information content (AvgIpc) is 2.79. The van der Waals surface area contributed by atoms with Gasteiger partial charge in [0.25, 0.3) is 0 Å². The first-order valence-electron chi connectivity index (χ1n) is 13.3. The number of hydrogen-bond donors (Lipinski definition) is 0. The molecule has 0 amide bonds. The Morgan fingerprint density at radius 3 is 1.97 bits per heavy atom. The van der Waals surface area contributed by atoms with Crippen LogP contribution in [0.5, 0.6) is 11.5 Å². The molecule has 34 heavy (non-hydrogen) atoms. The lowest BCUT2D eigenvalue weighted by molar-refractivity contribution is -0.140. The van der Waals surface area contributed by atoms with Crippen LogP contribution in [0, 0.1) is 29.6 Å². The fourth-order valence-electron chi connectivity index (χ4n) is 4.68. The molecule has 4 nitrogen and oxygen atoms in total. The molecule has 2 rings (SSSR count). The summed E-state index contributed by atoms with van der Waals surface area (Å²) in [6, 6.07) is 6.58. The van der Waals surface area contributed by atoms with Crippen molar-refractivity contribution >= 4 is 23.5 Å². The van der Waals surface area contributed by atoms with Gasteiger partial charge in [0.05, 0.1) is 5.92 Å². The van der Waals surface area contributed by atoms with Crippen molar-refractivity contribution in [3.63, 3.8) is 0 Å². The Labute approximate surface area is 212 Å². The van der Waals surface area contributed by atoms with Gasteiger partial charge >= 0.3 is 11.9 Å². The van der Waals surface area contributed by atoms with Crippen LogP contribution in [0.4, 0.5) is 0 Å². The minimum Gasteiger partial charge on any atom is -0.426 e. The van der Waals surface area contributed by atoms with Crippen molar-refractivity contribution in [1.82, 2.24) is 0 Å². The number of hydrogen-bond acceptors (Lipinski definition) is 4. The number of ether oxygens (including phenoxy) is 2. The second-order valence-electron chi connectivity index (χ2n) is 11.0. The van der Waals surface area contributed by atoms with Crippen molar-refractivity contribution in [1.29, 1.82) is 0 Å². The van der Waals surface area contributed by atoms with Gasteiger partial charge in [0.1, 0.15) is 16.9 Å². The molecule has 1 fully saturated rings. The van der Waals surface area contributed by atoms with Gasteiger partial charge in [0, 0.05) is 0 Å². The number of esters is 2. The van der Waals surface area contributed by atoms with E-state index in [1.54, 1.807) is 24.3 Å². The summed E-state index contributed by atoms with van der Waals surface area (Å²) in [4.78, 5) is 24.6. The highest BCUT2D eigenvalue weighted by Gasteiger charge is 2.28. The minimum atomic E-state index is -0.689. The van der Waals surface area contributed by atoms with Gasteiger partial charge in [0.15, 0.2) is 0 Å². The molecule has 0 N–H and O–H groups in total. The second-order valence-corrected chi connectivity index (χ2v) is 11.5. The lowest BCUT2D eigenvalue weighted by Gasteiger charge is -2.27. The average molecular weight is 493 g/mol. The van der Waals surface area contributed by atoms with E-state index < -0.39 is 11.3 Å². The third-order valence-corrected chi connectivity index (χ3v) is 7.72. The van der Waals surface area contributed by atoms with Crippen LogP contribution in [-0.4, -0.2) is 17.3 Å². The topological polar surface area (TPSA) is 52.6 Å². The van der Waals surface area contributed by atoms with Crippen LogP contribution >= 0.6 is 11.6 Å². The van der Waals surface area contributed by atoms with E-state index in [1.165, 1.54) is 38.5 Å². The standard InChI is InChI=1S/C29H45ClO4/c1-20(2)8-6-9-22(5)10-7-11-23-12-14-24(15-13-23)28(31)33-25-16-18-26(19-17-25)34-29(32)27(30)21(3)4/h16-24,27H,6-15H2,1-5H3. The third-order valence-electron chi connectivity index (χ3n) is 7.04. The lowest BCUT2D eigenvalue weighted by Crippen LogP contribution is -2.26. The SMILES string of the molecule is CC(C)CCCC(C)CCCC1CCC(C(=O)Oc2ccc(OC(=O)C(Cl)C(C)C)cc2)CC1. The third kappa shape index (κ3) is 10.4. The molecule has 1 aromatic rings. The van der Waals surface area contributed by atoms with E-state index in [1.807, 2.05) is 13.8 Å². The number of alkyl halides is 1. The van der Waals surface area contributed by atoms with E-state index in [-0.39, 0.29) is 17.8 Å². The maximum absolute atomic E-state index is 12.6. The van der Waals surface area contributed by atoms with E-state index in [4.69, 9.17) is 21.1 Å². The molecule has 192 valence electrons. The summed E-state index contributed by atoms with van der Waals surface area (Å²) < 4.78 is 10.9. The quantitative estimate of drug-likeness (QED) is 0.158. The molecule has 0 aliphatic heterocycles. The zero-order chi connectivity index (χ0) is 25.1. The Kier molecular flexibility index (Phi) is 12.5. The van der Waals surface area contributed by atoms with Crippen molar-refractivity contribution in [2.75, 3.05) is 0 Å². The summed E-state index contributed by atoms with van der Waals surface area (Å²) in [7, 11) is 0. The molecule has 0 aromatic heterocycles. The van der Waals surface area contributed by atoms with Gasteiger partial charge in [-0.15, -0.1) is 11.6 Å². The smallest absolute Gasteiger partial charge is 0.329 e. The highest BCUT2D eigenvalue weighted by Crippen LogP contribution is 2.33. The van der Waals surface area contributed by atoms with E-state index in [0.717, 1.165) is 43.4 Å². The Hall–Kier alpha value is -1.55. The highest BCUT2D eigenvalue weighted by atomic mass is 35.5. The van der Waals surface area contributed by atoms with Gasteiger partial charge in [-0.05, 0) is 73.6 Å². The summed E-state index contributed by atoms with van der Waals surface area (Å²) in [5.74, 6) is 2.60. The molecule has 0 radical (unpaired) electrons. The van der Waals surface area contributed by atoms with Gasteiger partial charge in [-0.3, -0.25) is 9.59 Å². The molecule has 2 atom stereocenters. The summed E-state index contributed by atoms with van der Waals surface area (Å²) in [5.41, 5.74) is 0. The molecule has 0 spiro atoms. The number of rotatable bonds is 13. The maximum Gasteiger partial charge on any atom is 0.329 e. The van der Waals surface area contributed by atoms with Gasteiger partial charge in [0.2, 0.25) is 0 Å². The zero-order valence-electron chi connectivity index (χ0n) is 21.9. The Bertz CT molecular complexity index is 735. The van der Waals surface area contributed by atoms with Gasteiger partial charge in [-0.25, -0.2) is 0 Å². The summed E-state index contributed by atoms with van der Waals surface area (Å²) in [6.45, 7) is 10.7. The Balaban J connectivity index is 1.66. The molecule has 0 saturated heterocycles. The van der Waals surface area contributed by atoms with Crippen LogP contribution < -0.4 is 9.47 Å². The lowest BCUT2D eigenvalue weighted by atomic mass is 9.79. The first kappa shape index (κ1) is 28.7.